The Kier molecular flexibility index (Phi) is 4.22. The number of aliphatic hydroxyl groups excluding tert-OH is 1. The molecule has 1 N–H and O–H groups in total. The lowest BCUT2D eigenvalue weighted by Crippen LogP contribution is -2.12. The number of nitrogens with zero attached hydrogens (tertiary/aromatic N) is 2. The summed E-state index contributed by atoms with van der Waals surface area (Å²) in [7, 11) is 0. The summed E-state index contributed by atoms with van der Waals surface area (Å²) >= 11 is 1.58. The Balaban J connectivity index is 2.09. The Morgan fingerprint density at radius 1 is 1.30 bits per heavy atom. The molecule has 0 saturated carbocycles. The molecule has 0 aliphatic carbocycles. The summed E-state index contributed by atoms with van der Waals surface area (Å²) in [5, 5.41) is 22.0. The van der Waals surface area contributed by atoms with Gasteiger partial charge < -0.3 is 5.11 Å². The molecule has 4 heteroatoms. The fourth-order valence-corrected chi connectivity index (χ4v) is 2.87. The highest BCUT2D eigenvalue weighted by Gasteiger charge is 2.18. The van der Waals surface area contributed by atoms with Gasteiger partial charge in [0.2, 0.25) is 0 Å². The van der Waals surface area contributed by atoms with Crippen LogP contribution in [0.2, 0.25) is 0 Å². The highest BCUT2D eigenvalue weighted by Crippen LogP contribution is 2.26. The highest BCUT2D eigenvalue weighted by atomic mass is 32.1. The lowest BCUT2D eigenvalue weighted by molar-refractivity contribution is 0.178. The Labute approximate surface area is 123 Å². The molecule has 2 rings (SSSR count). The smallest absolute Gasteiger partial charge is 0.0991 e. The zero-order chi connectivity index (χ0) is 14.8. The second kappa shape index (κ2) is 5.74. The molecule has 1 aromatic heterocycles. The predicted molar refractivity (Wildman–Crippen MR) is 80.6 cm³/mol. The van der Waals surface area contributed by atoms with Crippen molar-refractivity contribution in [3.05, 3.63) is 51.5 Å². The van der Waals surface area contributed by atoms with Crippen molar-refractivity contribution in [1.29, 1.82) is 5.26 Å². The van der Waals surface area contributed by atoms with E-state index in [9.17, 15) is 5.11 Å². The maximum atomic E-state index is 10.2. The van der Waals surface area contributed by atoms with Crippen molar-refractivity contribution < 1.29 is 5.11 Å². The number of nitriles is 1. The van der Waals surface area contributed by atoms with E-state index in [2.05, 4.69) is 37.2 Å². The summed E-state index contributed by atoms with van der Waals surface area (Å²) in [6, 6.07) is 9.10. The van der Waals surface area contributed by atoms with Gasteiger partial charge in [-0.25, -0.2) is 4.98 Å². The predicted octanol–water partition coefficient (Wildman–Crippen LogP) is 3.59. The van der Waals surface area contributed by atoms with E-state index in [4.69, 9.17) is 5.26 Å². The molecule has 0 bridgehead atoms. The maximum absolute atomic E-state index is 10.2. The van der Waals surface area contributed by atoms with Gasteiger partial charge in [0.25, 0.3) is 0 Å². The first-order chi connectivity index (χ1) is 9.40. The molecular formula is C16H18N2OS. The molecular weight excluding hydrogens is 268 g/mol. The van der Waals surface area contributed by atoms with Crippen molar-refractivity contribution in [2.24, 2.45) is 0 Å². The first kappa shape index (κ1) is 14.7. The summed E-state index contributed by atoms with van der Waals surface area (Å²) in [5.74, 6) is 0. The van der Waals surface area contributed by atoms with Gasteiger partial charge in [0, 0.05) is 17.2 Å². The van der Waals surface area contributed by atoms with Crippen LogP contribution in [0.15, 0.2) is 29.6 Å². The Morgan fingerprint density at radius 3 is 2.45 bits per heavy atom. The molecule has 2 aromatic rings. The lowest BCUT2D eigenvalue weighted by atomic mass is 9.93. The average Bonchev–Trinajstić information content (AvgIpc) is 2.87. The van der Waals surface area contributed by atoms with Gasteiger partial charge in [-0.3, -0.25) is 0 Å². The van der Waals surface area contributed by atoms with Crippen LogP contribution in [-0.4, -0.2) is 10.1 Å². The monoisotopic (exact) mass is 286 g/mol. The normalized spacial score (nSPS) is 12.9. The van der Waals surface area contributed by atoms with Crippen molar-refractivity contribution in [1.82, 2.24) is 4.98 Å². The molecule has 3 nitrogen and oxygen atoms in total. The molecule has 104 valence electrons. The Morgan fingerprint density at radius 2 is 1.95 bits per heavy atom. The van der Waals surface area contributed by atoms with E-state index >= 15 is 0 Å². The summed E-state index contributed by atoms with van der Waals surface area (Å²) in [6.07, 6.45) is -0.0752. The molecule has 1 unspecified atom stereocenters. The van der Waals surface area contributed by atoms with Crippen LogP contribution in [0.25, 0.3) is 0 Å². The van der Waals surface area contributed by atoms with E-state index in [1.54, 1.807) is 35.6 Å². The van der Waals surface area contributed by atoms with Crippen LogP contribution < -0.4 is 0 Å². The molecule has 0 fully saturated rings. The first-order valence-electron chi connectivity index (χ1n) is 6.53. The molecule has 0 spiro atoms. The van der Waals surface area contributed by atoms with Gasteiger partial charge >= 0.3 is 0 Å². The summed E-state index contributed by atoms with van der Waals surface area (Å²) < 4.78 is 0. The standard InChI is InChI=1S/C16H18N2OS/c1-16(2,3)14-10-20-15(18-14)8-13(19)12-6-4-11(9-17)5-7-12/h4-7,10,13,19H,8H2,1-3H3. The van der Waals surface area contributed by atoms with E-state index in [-0.39, 0.29) is 5.41 Å². The van der Waals surface area contributed by atoms with Crippen molar-refractivity contribution in [3.8, 4) is 6.07 Å². The van der Waals surface area contributed by atoms with E-state index in [1.165, 1.54) is 0 Å². The SMILES string of the molecule is CC(C)(C)c1csc(CC(O)c2ccc(C#N)cc2)n1. The molecule has 0 saturated heterocycles. The Hall–Kier alpha value is -1.70. The highest BCUT2D eigenvalue weighted by molar-refractivity contribution is 7.09. The number of hydrogen-bond donors (Lipinski definition) is 1. The van der Waals surface area contributed by atoms with Crippen molar-refractivity contribution in [2.45, 2.75) is 38.7 Å². The third kappa shape index (κ3) is 3.44. The molecule has 20 heavy (non-hydrogen) atoms. The second-order valence-corrected chi connectivity index (χ2v) is 6.77. The zero-order valence-electron chi connectivity index (χ0n) is 11.9. The molecule has 0 aliphatic heterocycles. The van der Waals surface area contributed by atoms with Gasteiger partial charge in [-0.15, -0.1) is 11.3 Å². The van der Waals surface area contributed by atoms with Crippen molar-refractivity contribution >= 4 is 11.3 Å². The third-order valence-corrected chi connectivity index (χ3v) is 3.98. The van der Waals surface area contributed by atoms with Gasteiger partial charge in [-0.05, 0) is 17.7 Å². The fourth-order valence-electron chi connectivity index (χ4n) is 1.81. The first-order valence-corrected chi connectivity index (χ1v) is 7.41. The van der Waals surface area contributed by atoms with Crippen LogP contribution in [0.5, 0.6) is 0 Å². The minimum absolute atomic E-state index is 0.0359. The maximum Gasteiger partial charge on any atom is 0.0991 e. The molecule has 1 aromatic carbocycles. The molecule has 0 aliphatic rings. The summed E-state index contributed by atoms with van der Waals surface area (Å²) in [4.78, 5) is 4.59. The minimum Gasteiger partial charge on any atom is -0.388 e. The number of thiazole rings is 1. The Bertz CT molecular complexity index is 617. The fraction of sp³-hybridized carbons (Fsp3) is 0.375. The molecule has 0 radical (unpaired) electrons. The van der Waals surface area contributed by atoms with Crippen LogP contribution in [0.3, 0.4) is 0 Å². The van der Waals surface area contributed by atoms with E-state index in [0.717, 1.165) is 16.3 Å². The molecule has 1 atom stereocenters. The van der Waals surface area contributed by atoms with Crippen LogP contribution in [0.4, 0.5) is 0 Å². The van der Waals surface area contributed by atoms with Crippen molar-refractivity contribution in [2.75, 3.05) is 0 Å². The van der Waals surface area contributed by atoms with E-state index < -0.39 is 6.10 Å². The lowest BCUT2D eigenvalue weighted by Gasteiger charge is -2.14. The van der Waals surface area contributed by atoms with Gasteiger partial charge in [0.1, 0.15) is 0 Å². The largest absolute Gasteiger partial charge is 0.388 e. The van der Waals surface area contributed by atoms with Crippen LogP contribution >= 0.6 is 11.3 Å². The number of rotatable bonds is 3. The zero-order valence-corrected chi connectivity index (χ0v) is 12.7. The number of aliphatic hydroxyl groups is 1. The third-order valence-electron chi connectivity index (χ3n) is 3.11. The number of benzene rings is 1. The topological polar surface area (TPSA) is 56.9 Å². The van der Waals surface area contributed by atoms with Crippen LogP contribution in [-0.2, 0) is 11.8 Å². The second-order valence-electron chi connectivity index (χ2n) is 5.83. The van der Waals surface area contributed by atoms with Crippen molar-refractivity contribution in [3.63, 3.8) is 0 Å². The van der Waals surface area contributed by atoms with Gasteiger partial charge in [0.15, 0.2) is 0 Å². The van der Waals surface area contributed by atoms with Crippen LogP contribution in [0, 0.1) is 11.3 Å². The summed E-state index contributed by atoms with van der Waals surface area (Å²) in [6.45, 7) is 6.38. The molecule has 1 heterocycles. The summed E-state index contributed by atoms with van der Waals surface area (Å²) in [5.41, 5.74) is 2.51. The van der Waals surface area contributed by atoms with Gasteiger partial charge in [0.05, 0.1) is 28.4 Å². The number of hydrogen-bond acceptors (Lipinski definition) is 4. The van der Waals surface area contributed by atoms with E-state index in [1.807, 2.05) is 0 Å². The van der Waals surface area contributed by atoms with Gasteiger partial charge in [-0.1, -0.05) is 32.9 Å². The number of aromatic nitrogens is 1. The van der Waals surface area contributed by atoms with E-state index in [0.29, 0.717) is 12.0 Å². The van der Waals surface area contributed by atoms with Crippen LogP contribution in [0.1, 0.15) is 48.7 Å². The van der Waals surface area contributed by atoms with Gasteiger partial charge in [-0.2, -0.15) is 5.26 Å². The average molecular weight is 286 g/mol. The minimum atomic E-state index is -0.582. The molecule has 0 amide bonds. The quantitative estimate of drug-likeness (QED) is 0.938.